The molecule has 0 aromatic rings. The quantitative estimate of drug-likeness (QED) is 0.0694. The van der Waals surface area contributed by atoms with Crippen molar-refractivity contribution in [2.24, 2.45) is 22.5 Å². The summed E-state index contributed by atoms with van der Waals surface area (Å²) in [7, 11) is 1.64. The number of Topliss-reactive ketones (excluding diaryl/α,β-unsaturated/α-hetero) is 1. The highest BCUT2D eigenvalue weighted by Crippen LogP contribution is 2.40. The highest BCUT2D eigenvalue weighted by molar-refractivity contribution is 5.85. The van der Waals surface area contributed by atoms with Crippen molar-refractivity contribution < 1.29 is 76.0 Å². The third-order valence-corrected chi connectivity index (χ3v) is 8.44. The molecule has 2 atom stereocenters. The average Bonchev–Trinajstić information content (AvgIpc) is 3.16. The van der Waals surface area contributed by atoms with Crippen LogP contribution in [0, 0.1) is 16.7 Å². The number of methoxy groups -OCH3 is 1. The summed E-state index contributed by atoms with van der Waals surface area (Å²) in [4.78, 5) is 37.0. The van der Waals surface area contributed by atoms with Crippen LogP contribution in [0.2, 0.25) is 0 Å². The Kier molecular flexibility index (Phi) is 36.2. The molecule has 0 rings (SSSR count). The molecule has 17 heteroatoms. The Morgan fingerprint density at radius 3 is 0.982 bits per heavy atom. The highest BCUT2D eigenvalue weighted by atomic mass is 16.6. The van der Waals surface area contributed by atoms with E-state index in [1.54, 1.807) is 27.9 Å². The van der Waals surface area contributed by atoms with Crippen molar-refractivity contribution in [2.45, 2.75) is 53.9 Å². The van der Waals surface area contributed by atoms with Crippen LogP contribution >= 0.6 is 0 Å². The predicted octanol–water partition coefficient (Wildman–Crippen LogP) is 2.27. The average molecular weight is 814 g/mol. The molecule has 0 aliphatic carbocycles. The second-order valence-electron chi connectivity index (χ2n) is 13.8. The van der Waals surface area contributed by atoms with Crippen molar-refractivity contribution in [3.05, 3.63) is 0 Å². The first kappa shape index (κ1) is 54.1. The molecule has 0 aromatic carbocycles. The van der Waals surface area contributed by atoms with Crippen molar-refractivity contribution in [3.63, 3.8) is 0 Å². The summed E-state index contributed by atoms with van der Waals surface area (Å²) in [5, 5.41) is 0. The van der Waals surface area contributed by atoms with Gasteiger partial charge in [-0.25, -0.2) is 0 Å². The molecule has 0 bridgehead atoms. The van der Waals surface area contributed by atoms with Gasteiger partial charge in [0.2, 0.25) is 5.91 Å². The minimum Gasteiger partial charge on any atom is -0.463 e. The Bertz CT molecular complexity index is 943. The molecule has 0 radical (unpaired) electrons. The fourth-order valence-electron chi connectivity index (χ4n) is 5.21. The van der Waals surface area contributed by atoms with E-state index < -0.39 is 28.6 Å². The van der Waals surface area contributed by atoms with E-state index >= 15 is 0 Å². The number of carbonyl (C=O) groups is 3. The molecular weight excluding hydrogens is 738 g/mol. The summed E-state index contributed by atoms with van der Waals surface area (Å²) in [6, 6.07) is 0. The zero-order valence-electron chi connectivity index (χ0n) is 35.3. The molecule has 0 fully saturated rings. The van der Waals surface area contributed by atoms with Crippen LogP contribution in [0.4, 0.5) is 0 Å². The molecule has 0 aromatic heterocycles. The number of ketones is 1. The highest BCUT2D eigenvalue weighted by Gasteiger charge is 2.42. The van der Waals surface area contributed by atoms with E-state index in [9.17, 15) is 14.4 Å². The largest absolute Gasteiger partial charge is 0.463 e. The van der Waals surface area contributed by atoms with Gasteiger partial charge in [0, 0.05) is 18.4 Å². The van der Waals surface area contributed by atoms with Crippen LogP contribution < -0.4 is 5.73 Å². The summed E-state index contributed by atoms with van der Waals surface area (Å²) in [6.45, 7) is 19.5. The summed E-state index contributed by atoms with van der Waals surface area (Å²) in [5.41, 5.74) is 3.70. The number of hydrogen-bond acceptors (Lipinski definition) is 16. The van der Waals surface area contributed by atoms with Gasteiger partial charge in [-0.05, 0) is 40.0 Å². The molecule has 2 unspecified atom stereocenters. The van der Waals surface area contributed by atoms with Gasteiger partial charge in [0.25, 0.3) is 0 Å². The Hall–Kier alpha value is -1.87. The van der Waals surface area contributed by atoms with Crippen LogP contribution in [-0.4, -0.2) is 183 Å². The summed E-state index contributed by atoms with van der Waals surface area (Å²) >= 11 is 0. The molecule has 2 N–H and O–H groups in total. The minimum atomic E-state index is -0.932. The summed E-state index contributed by atoms with van der Waals surface area (Å²) in [5.74, 6) is -1.40. The Labute approximate surface area is 335 Å². The van der Waals surface area contributed by atoms with E-state index in [1.807, 2.05) is 6.92 Å². The normalized spacial score (nSPS) is 13.5. The van der Waals surface area contributed by atoms with Gasteiger partial charge in [0.05, 0.1) is 157 Å². The molecule has 1 amide bonds. The SMILES string of the molecule is CCC(CC(C)(CC(C)(C)C(=O)OCCOCCOCCOCCOCCOCCOCCOCCOCCOCCOCCOCCOC)C(C)=O)C(N)=O. The lowest BCUT2D eigenvalue weighted by Gasteiger charge is -2.36. The van der Waals surface area contributed by atoms with Crippen molar-refractivity contribution in [2.75, 3.05) is 166 Å². The van der Waals surface area contributed by atoms with Crippen LogP contribution in [0.1, 0.15) is 53.9 Å². The number of nitrogens with two attached hydrogens (primary N) is 1. The lowest BCUT2D eigenvalue weighted by atomic mass is 9.67. The lowest BCUT2D eigenvalue weighted by molar-refractivity contribution is -0.158. The van der Waals surface area contributed by atoms with Gasteiger partial charge in [-0.3, -0.25) is 14.4 Å². The van der Waals surface area contributed by atoms with Crippen molar-refractivity contribution >= 4 is 17.7 Å². The fraction of sp³-hybridized carbons (Fsp3) is 0.923. The van der Waals surface area contributed by atoms with E-state index in [1.165, 1.54) is 6.92 Å². The first-order valence-corrected chi connectivity index (χ1v) is 19.8. The van der Waals surface area contributed by atoms with Gasteiger partial charge in [-0.15, -0.1) is 0 Å². The van der Waals surface area contributed by atoms with Crippen molar-refractivity contribution in [3.8, 4) is 0 Å². The topological polar surface area (TPSA) is 197 Å². The summed E-state index contributed by atoms with van der Waals surface area (Å²) < 4.78 is 70.3. The number of esters is 1. The zero-order valence-corrected chi connectivity index (χ0v) is 35.3. The van der Waals surface area contributed by atoms with Crippen LogP contribution in [0.5, 0.6) is 0 Å². The number of amides is 1. The van der Waals surface area contributed by atoms with Crippen LogP contribution in [-0.2, 0) is 76.0 Å². The molecule has 0 aliphatic heterocycles. The Morgan fingerprint density at radius 1 is 0.482 bits per heavy atom. The van der Waals surface area contributed by atoms with Gasteiger partial charge < -0.3 is 67.3 Å². The molecule has 332 valence electrons. The molecule has 0 spiro atoms. The lowest BCUT2D eigenvalue weighted by Crippen LogP contribution is -2.40. The maximum Gasteiger partial charge on any atom is 0.311 e. The molecule has 0 saturated carbocycles. The van der Waals surface area contributed by atoms with Crippen molar-refractivity contribution in [1.29, 1.82) is 0 Å². The third kappa shape index (κ3) is 32.1. The molecule has 0 aliphatic rings. The first-order chi connectivity index (χ1) is 27.0. The number of hydrogen-bond donors (Lipinski definition) is 1. The smallest absolute Gasteiger partial charge is 0.311 e. The number of rotatable bonds is 44. The van der Waals surface area contributed by atoms with E-state index in [-0.39, 0.29) is 25.4 Å². The van der Waals surface area contributed by atoms with E-state index in [0.29, 0.717) is 158 Å². The Morgan fingerprint density at radius 2 is 0.750 bits per heavy atom. The standard InChI is InChI=1S/C39H75NO16/c1-7-35(36(40)42)32-39(5,34(2)41)33-38(3,4)37(43)56-31-30-55-29-28-54-27-26-53-25-24-52-23-22-51-21-20-50-19-18-49-17-16-48-15-14-47-13-12-46-11-10-45-9-8-44-6/h35H,7-33H2,1-6H3,(H2,40,42). The van der Waals surface area contributed by atoms with E-state index in [4.69, 9.17) is 67.3 Å². The molecule has 56 heavy (non-hydrogen) atoms. The zero-order chi connectivity index (χ0) is 41.6. The second-order valence-corrected chi connectivity index (χ2v) is 13.8. The second kappa shape index (κ2) is 37.4. The maximum absolute atomic E-state index is 12.8. The van der Waals surface area contributed by atoms with Gasteiger partial charge in [-0.1, -0.05) is 13.8 Å². The molecule has 0 saturated heterocycles. The number of carbonyl (C=O) groups excluding carboxylic acids is 3. The van der Waals surface area contributed by atoms with E-state index in [0.717, 1.165) is 0 Å². The van der Waals surface area contributed by atoms with Crippen molar-refractivity contribution in [1.82, 2.24) is 0 Å². The first-order valence-electron chi connectivity index (χ1n) is 19.8. The molecule has 0 heterocycles. The van der Waals surface area contributed by atoms with Gasteiger partial charge in [-0.2, -0.15) is 0 Å². The maximum atomic E-state index is 12.8. The summed E-state index contributed by atoms with van der Waals surface area (Å²) in [6.07, 6.45) is 1.07. The monoisotopic (exact) mass is 814 g/mol. The predicted molar refractivity (Wildman–Crippen MR) is 207 cm³/mol. The van der Waals surface area contributed by atoms with E-state index in [2.05, 4.69) is 0 Å². The number of ether oxygens (including phenoxy) is 13. The minimum absolute atomic E-state index is 0.0804. The third-order valence-electron chi connectivity index (χ3n) is 8.44. The van der Waals surface area contributed by atoms with Gasteiger partial charge in [0.15, 0.2) is 0 Å². The van der Waals surface area contributed by atoms with Crippen LogP contribution in [0.3, 0.4) is 0 Å². The fourth-order valence-corrected chi connectivity index (χ4v) is 5.21. The van der Waals surface area contributed by atoms with Crippen LogP contribution in [0.25, 0.3) is 0 Å². The van der Waals surface area contributed by atoms with Gasteiger partial charge in [0.1, 0.15) is 12.4 Å². The van der Waals surface area contributed by atoms with Gasteiger partial charge >= 0.3 is 5.97 Å². The molecule has 17 nitrogen and oxygen atoms in total. The Balaban J connectivity index is 3.46. The van der Waals surface area contributed by atoms with Crippen LogP contribution in [0.15, 0.2) is 0 Å². The molecular formula is C39H75NO16. The number of primary amides is 1.